The molecule has 0 amide bonds. The zero-order valence-electron chi connectivity index (χ0n) is 11.7. The summed E-state index contributed by atoms with van der Waals surface area (Å²) >= 11 is 8.63. The molecular formula is C13H17Br2N5S. The van der Waals surface area contributed by atoms with E-state index in [-0.39, 0.29) is 5.41 Å². The van der Waals surface area contributed by atoms with Crippen molar-refractivity contribution in [3.8, 4) is 10.7 Å². The summed E-state index contributed by atoms with van der Waals surface area (Å²) in [4.78, 5) is 7.94. The van der Waals surface area contributed by atoms with Crippen molar-refractivity contribution >= 4 is 49.1 Å². The van der Waals surface area contributed by atoms with Crippen LogP contribution in [-0.2, 0) is 0 Å². The number of nitrogens with zero attached hydrogens (tertiary/aromatic N) is 3. The fraction of sp³-hybridized carbons (Fsp3) is 0.538. The molecular weight excluding hydrogens is 418 g/mol. The Morgan fingerprint density at radius 2 is 2.33 bits per heavy atom. The average Bonchev–Trinajstić information content (AvgIpc) is 3.07. The Labute approximate surface area is 144 Å². The number of aromatic amines is 1. The van der Waals surface area contributed by atoms with Crippen molar-refractivity contribution in [2.24, 2.45) is 11.1 Å². The Morgan fingerprint density at radius 3 is 3.00 bits per heavy atom. The number of anilines is 1. The summed E-state index contributed by atoms with van der Waals surface area (Å²) in [5, 5.41) is 7.42. The van der Waals surface area contributed by atoms with Crippen LogP contribution in [0.4, 0.5) is 5.95 Å². The number of nitrogens with two attached hydrogens (primary N) is 1. The lowest BCUT2D eigenvalue weighted by atomic mass is 9.82. The summed E-state index contributed by atoms with van der Waals surface area (Å²) in [5.74, 6) is 1.58. The standard InChI is InChI=1S/C13H17Br2N5S/c1-13(6-16)3-2-4-20(7-13)12-17-11(18-19-12)9-5-8(14)10(15)21-9/h5H,2-4,6-7,16H2,1H3,(H,17,18,19). The largest absolute Gasteiger partial charge is 0.339 e. The van der Waals surface area contributed by atoms with Gasteiger partial charge in [0.2, 0.25) is 5.95 Å². The number of hydrogen-bond donors (Lipinski definition) is 2. The predicted octanol–water partition coefficient (Wildman–Crippen LogP) is 3.62. The molecule has 0 radical (unpaired) electrons. The number of aromatic nitrogens is 3. The normalized spacial score (nSPS) is 22.8. The molecule has 2 aromatic heterocycles. The Morgan fingerprint density at radius 1 is 1.52 bits per heavy atom. The number of halogens is 2. The van der Waals surface area contributed by atoms with Gasteiger partial charge in [0.25, 0.3) is 0 Å². The van der Waals surface area contributed by atoms with E-state index in [1.54, 1.807) is 11.3 Å². The van der Waals surface area contributed by atoms with Gasteiger partial charge in [-0.15, -0.1) is 16.4 Å². The van der Waals surface area contributed by atoms with Crippen molar-refractivity contribution in [3.05, 3.63) is 14.3 Å². The van der Waals surface area contributed by atoms with Crippen molar-refractivity contribution in [1.29, 1.82) is 0 Å². The molecule has 1 atom stereocenters. The van der Waals surface area contributed by atoms with Gasteiger partial charge in [-0.25, -0.2) is 0 Å². The molecule has 1 saturated heterocycles. The third-order valence-electron chi connectivity index (χ3n) is 3.91. The van der Waals surface area contributed by atoms with Gasteiger partial charge in [-0.1, -0.05) is 6.92 Å². The zero-order chi connectivity index (χ0) is 15.0. The maximum Gasteiger partial charge on any atom is 0.245 e. The van der Waals surface area contributed by atoms with Crippen LogP contribution in [0.5, 0.6) is 0 Å². The molecule has 0 spiro atoms. The molecule has 114 valence electrons. The Hall–Kier alpha value is -0.440. The first-order chi connectivity index (χ1) is 10.0. The molecule has 3 N–H and O–H groups in total. The maximum atomic E-state index is 5.91. The van der Waals surface area contributed by atoms with Gasteiger partial charge in [-0.05, 0) is 62.7 Å². The minimum absolute atomic E-state index is 0.161. The van der Waals surface area contributed by atoms with E-state index in [9.17, 15) is 0 Å². The van der Waals surface area contributed by atoms with Crippen LogP contribution in [0.3, 0.4) is 0 Å². The molecule has 1 unspecified atom stereocenters. The lowest BCUT2D eigenvalue weighted by Crippen LogP contribution is -2.46. The molecule has 1 aliphatic rings. The maximum absolute atomic E-state index is 5.91. The van der Waals surface area contributed by atoms with E-state index in [1.807, 2.05) is 6.07 Å². The van der Waals surface area contributed by atoms with E-state index >= 15 is 0 Å². The van der Waals surface area contributed by atoms with Crippen LogP contribution in [-0.4, -0.2) is 34.8 Å². The van der Waals surface area contributed by atoms with Crippen LogP contribution < -0.4 is 10.6 Å². The number of thiophene rings is 1. The highest BCUT2D eigenvalue weighted by Gasteiger charge is 2.31. The highest BCUT2D eigenvalue weighted by atomic mass is 79.9. The summed E-state index contributed by atoms with van der Waals surface area (Å²) in [6.07, 6.45) is 2.30. The second-order valence-electron chi connectivity index (χ2n) is 5.76. The number of H-pyrrole nitrogens is 1. The minimum atomic E-state index is 0.161. The molecule has 0 bridgehead atoms. The average molecular weight is 435 g/mol. The highest BCUT2D eigenvalue weighted by molar-refractivity contribution is 9.13. The van der Waals surface area contributed by atoms with Crippen LogP contribution in [0.25, 0.3) is 10.7 Å². The monoisotopic (exact) mass is 433 g/mol. The van der Waals surface area contributed by atoms with Crippen molar-refractivity contribution in [3.63, 3.8) is 0 Å². The molecule has 0 aromatic carbocycles. The fourth-order valence-electron chi connectivity index (χ4n) is 2.62. The van der Waals surface area contributed by atoms with E-state index in [4.69, 9.17) is 5.73 Å². The minimum Gasteiger partial charge on any atom is -0.339 e. The Bertz CT molecular complexity index is 621. The van der Waals surface area contributed by atoms with Gasteiger partial charge in [0.1, 0.15) is 0 Å². The van der Waals surface area contributed by atoms with Gasteiger partial charge in [-0.2, -0.15) is 4.98 Å². The SMILES string of the molecule is CC1(CN)CCCN(c2n[nH]c(-c3cc(Br)c(Br)s3)n2)C1. The lowest BCUT2D eigenvalue weighted by molar-refractivity contribution is 0.270. The second kappa shape index (κ2) is 5.98. The molecule has 8 heteroatoms. The Kier molecular flexibility index (Phi) is 4.40. The van der Waals surface area contributed by atoms with Crippen LogP contribution in [0.2, 0.25) is 0 Å². The summed E-state index contributed by atoms with van der Waals surface area (Å²) in [5.41, 5.74) is 6.07. The first-order valence-electron chi connectivity index (χ1n) is 6.83. The fourth-order valence-corrected chi connectivity index (χ4v) is 4.60. The van der Waals surface area contributed by atoms with Gasteiger partial charge in [0.05, 0.1) is 8.66 Å². The zero-order valence-corrected chi connectivity index (χ0v) is 15.7. The van der Waals surface area contributed by atoms with Crippen molar-refractivity contribution in [1.82, 2.24) is 15.2 Å². The van der Waals surface area contributed by atoms with Gasteiger partial charge in [-0.3, -0.25) is 5.10 Å². The van der Waals surface area contributed by atoms with Crippen LogP contribution >= 0.6 is 43.2 Å². The smallest absolute Gasteiger partial charge is 0.245 e. The molecule has 1 aliphatic heterocycles. The topological polar surface area (TPSA) is 70.8 Å². The van der Waals surface area contributed by atoms with Crippen LogP contribution in [0, 0.1) is 5.41 Å². The second-order valence-corrected chi connectivity index (χ2v) is 8.98. The summed E-state index contributed by atoms with van der Waals surface area (Å²) in [7, 11) is 0. The molecule has 2 aromatic rings. The summed E-state index contributed by atoms with van der Waals surface area (Å²) in [6.45, 7) is 4.84. The third kappa shape index (κ3) is 3.18. The van der Waals surface area contributed by atoms with Gasteiger partial charge >= 0.3 is 0 Å². The molecule has 3 rings (SSSR count). The van der Waals surface area contributed by atoms with E-state index in [2.05, 4.69) is 58.9 Å². The molecule has 21 heavy (non-hydrogen) atoms. The molecule has 0 aliphatic carbocycles. The first kappa shape index (κ1) is 15.5. The molecule has 5 nitrogen and oxygen atoms in total. The number of hydrogen-bond acceptors (Lipinski definition) is 5. The quantitative estimate of drug-likeness (QED) is 0.773. The molecule has 0 saturated carbocycles. The molecule has 1 fully saturated rings. The first-order valence-corrected chi connectivity index (χ1v) is 9.24. The summed E-state index contributed by atoms with van der Waals surface area (Å²) < 4.78 is 2.10. The van der Waals surface area contributed by atoms with Crippen molar-refractivity contribution in [2.45, 2.75) is 19.8 Å². The number of nitrogens with one attached hydrogen (secondary N) is 1. The number of piperidine rings is 1. The van der Waals surface area contributed by atoms with Crippen LogP contribution in [0.15, 0.2) is 14.3 Å². The predicted molar refractivity (Wildman–Crippen MR) is 93.7 cm³/mol. The van der Waals surface area contributed by atoms with Crippen LogP contribution in [0.1, 0.15) is 19.8 Å². The highest BCUT2D eigenvalue weighted by Crippen LogP contribution is 2.37. The van der Waals surface area contributed by atoms with E-state index in [0.29, 0.717) is 6.54 Å². The van der Waals surface area contributed by atoms with E-state index in [1.165, 1.54) is 6.42 Å². The van der Waals surface area contributed by atoms with E-state index < -0.39 is 0 Å². The lowest BCUT2D eigenvalue weighted by Gasteiger charge is -2.39. The van der Waals surface area contributed by atoms with Gasteiger partial charge in [0, 0.05) is 17.6 Å². The van der Waals surface area contributed by atoms with Crippen molar-refractivity contribution < 1.29 is 0 Å². The molecule has 3 heterocycles. The summed E-state index contributed by atoms with van der Waals surface area (Å²) in [6, 6.07) is 2.04. The van der Waals surface area contributed by atoms with Gasteiger partial charge < -0.3 is 10.6 Å². The van der Waals surface area contributed by atoms with Crippen molar-refractivity contribution in [2.75, 3.05) is 24.5 Å². The Balaban J connectivity index is 1.81. The van der Waals surface area contributed by atoms with Gasteiger partial charge in [0.15, 0.2) is 5.82 Å². The third-order valence-corrected chi connectivity index (χ3v) is 7.17. The van der Waals surface area contributed by atoms with E-state index in [0.717, 1.165) is 44.4 Å². The number of rotatable bonds is 3.